The van der Waals surface area contributed by atoms with E-state index in [1.807, 2.05) is 25.1 Å². The summed E-state index contributed by atoms with van der Waals surface area (Å²) in [4.78, 5) is 17.4. The normalized spacial score (nSPS) is 34.3. The van der Waals surface area contributed by atoms with Crippen LogP contribution in [0.1, 0.15) is 50.8 Å². The minimum absolute atomic E-state index is 0.232. The van der Waals surface area contributed by atoms with E-state index in [1.165, 1.54) is 38.5 Å². The number of para-hydroxylation sites is 2. The van der Waals surface area contributed by atoms with Gasteiger partial charge in [-0.3, -0.25) is 4.79 Å². The summed E-state index contributed by atoms with van der Waals surface area (Å²) in [5.74, 6) is 2.90. The molecule has 1 N–H and O–H groups in total. The number of rotatable bonds is 5. The summed E-state index contributed by atoms with van der Waals surface area (Å²) in [6.07, 6.45) is 8.44. The van der Waals surface area contributed by atoms with Crippen LogP contribution in [-0.4, -0.2) is 26.3 Å². The molecule has 1 aromatic carbocycles. The van der Waals surface area contributed by atoms with E-state index < -0.39 is 0 Å². The number of hydrogen-bond acceptors (Lipinski definition) is 2. The van der Waals surface area contributed by atoms with Crippen LogP contribution in [0.15, 0.2) is 24.3 Å². The average molecular weight is 430 g/mol. The fourth-order valence-electron chi connectivity index (χ4n) is 6.73. The van der Waals surface area contributed by atoms with Crippen molar-refractivity contribution in [3.05, 3.63) is 30.1 Å². The largest absolute Gasteiger partial charge is 0.354 e. The van der Waals surface area contributed by atoms with Gasteiger partial charge < -0.3 is 9.88 Å². The maximum Gasteiger partial charge on any atom is 0.220 e. The molecule has 4 saturated carbocycles. The van der Waals surface area contributed by atoms with Crippen molar-refractivity contribution >= 4 is 32.9 Å². The number of benzene rings is 1. The van der Waals surface area contributed by atoms with E-state index >= 15 is 0 Å². The third-order valence-corrected chi connectivity index (χ3v) is 8.08. The Balaban J connectivity index is 1.21. The highest BCUT2D eigenvalue weighted by molar-refractivity contribution is 9.10. The smallest absolute Gasteiger partial charge is 0.220 e. The SMILES string of the molecule is Cc1nc2ccccc2n1CCNC(=O)CC12CC3CC(CC(Br)(C3)C1)C2. The molecule has 27 heavy (non-hydrogen) atoms. The Bertz CT molecular complexity index is 875. The van der Waals surface area contributed by atoms with Crippen molar-refractivity contribution in [2.45, 2.75) is 62.7 Å². The first-order valence-electron chi connectivity index (χ1n) is 10.3. The lowest BCUT2D eigenvalue weighted by Gasteiger charge is -2.60. The molecule has 1 heterocycles. The summed E-state index contributed by atoms with van der Waals surface area (Å²) in [5, 5.41) is 3.20. The zero-order valence-electron chi connectivity index (χ0n) is 16.0. The summed E-state index contributed by atoms with van der Waals surface area (Å²) in [7, 11) is 0. The third-order valence-electron chi connectivity index (χ3n) is 7.15. The van der Waals surface area contributed by atoms with Crippen LogP contribution < -0.4 is 5.32 Å². The van der Waals surface area contributed by atoms with Crippen LogP contribution in [-0.2, 0) is 11.3 Å². The molecule has 0 spiro atoms. The Hall–Kier alpha value is -1.36. The first kappa shape index (κ1) is 17.7. The first-order valence-corrected chi connectivity index (χ1v) is 11.1. The molecule has 4 aliphatic rings. The van der Waals surface area contributed by atoms with Gasteiger partial charge in [-0.1, -0.05) is 28.1 Å². The Labute approximate surface area is 169 Å². The molecule has 6 rings (SSSR count). The van der Waals surface area contributed by atoms with Crippen molar-refractivity contribution in [2.75, 3.05) is 6.54 Å². The second-order valence-electron chi connectivity index (χ2n) is 9.44. The number of carbonyl (C=O) groups excluding carboxylic acids is 1. The van der Waals surface area contributed by atoms with E-state index in [2.05, 4.69) is 36.9 Å². The average Bonchev–Trinajstić information content (AvgIpc) is 2.88. The van der Waals surface area contributed by atoms with Gasteiger partial charge in [-0.2, -0.15) is 0 Å². The number of nitrogens with zero attached hydrogens (tertiary/aromatic N) is 2. The monoisotopic (exact) mass is 429 g/mol. The molecule has 4 fully saturated rings. The van der Waals surface area contributed by atoms with Crippen molar-refractivity contribution < 1.29 is 4.79 Å². The second kappa shape index (κ2) is 6.33. The Morgan fingerprint density at radius 2 is 2.00 bits per heavy atom. The van der Waals surface area contributed by atoms with Gasteiger partial charge in [0.1, 0.15) is 5.82 Å². The van der Waals surface area contributed by atoms with E-state index in [4.69, 9.17) is 0 Å². The van der Waals surface area contributed by atoms with Crippen LogP contribution in [0.25, 0.3) is 11.0 Å². The lowest BCUT2D eigenvalue weighted by atomic mass is 9.48. The molecular weight excluding hydrogens is 402 g/mol. The number of alkyl halides is 1. The number of halogens is 1. The van der Waals surface area contributed by atoms with Crippen molar-refractivity contribution in [2.24, 2.45) is 17.3 Å². The van der Waals surface area contributed by atoms with Gasteiger partial charge in [0.2, 0.25) is 5.91 Å². The van der Waals surface area contributed by atoms with Gasteiger partial charge in [-0.05, 0) is 74.8 Å². The highest BCUT2D eigenvalue weighted by atomic mass is 79.9. The van der Waals surface area contributed by atoms with Gasteiger partial charge >= 0.3 is 0 Å². The van der Waals surface area contributed by atoms with E-state index in [0.717, 1.165) is 35.2 Å². The molecule has 4 aliphatic carbocycles. The van der Waals surface area contributed by atoms with Crippen LogP contribution in [0.2, 0.25) is 0 Å². The molecule has 2 unspecified atom stereocenters. The van der Waals surface area contributed by atoms with Crippen molar-refractivity contribution in [1.29, 1.82) is 0 Å². The number of fused-ring (bicyclic) bond motifs is 1. The molecule has 0 saturated heterocycles. The fraction of sp³-hybridized carbons (Fsp3) is 0.636. The van der Waals surface area contributed by atoms with Gasteiger partial charge in [0.25, 0.3) is 0 Å². The molecule has 144 valence electrons. The summed E-state index contributed by atoms with van der Waals surface area (Å²) in [6.45, 7) is 3.48. The number of amides is 1. The van der Waals surface area contributed by atoms with Gasteiger partial charge in [0.05, 0.1) is 11.0 Å². The molecular formula is C22H28BrN3O. The van der Waals surface area contributed by atoms with Crippen molar-refractivity contribution in [3.8, 4) is 0 Å². The number of hydrogen-bond donors (Lipinski definition) is 1. The zero-order chi connectivity index (χ0) is 18.6. The molecule has 4 bridgehead atoms. The predicted molar refractivity (Wildman–Crippen MR) is 111 cm³/mol. The number of aromatic nitrogens is 2. The van der Waals surface area contributed by atoms with Crippen molar-refractivity contribution in [3.63, 3.8) is 0 Å². The quantitative estimate of drug-likeness (QED) is 0.706. The second-order valence-corrected chi connectivity index (χ2v) is 11.1. The van der Waals surface area contributed by atoms with E-state index in [-0.39, 0.29) is 11.3 Å². The van der Waals surface area contributed by atoms with Crippen LogP contribution >= 0.6 is 15.9 Å². The Morgan fingerprint density at radius 3 is 2.74 bits per heavy atom. The summed E-state index contributed by atoms with van der Waals surface area (Å²) < 4.78 is 2.53. The highest BCUT2D eigenvalue weighted by Gasteiger charge is 2.57. The topological polar surface area (TPSA) is 46.9 Å². The van der Waals surface area contributed by atoms with Gasteiger partial charge in [-0.15, -0.1) is 0 Å². The fourth-order valence-corrected chi connectivity index (χ4v) is 8.24. The molecule has 0 radical (unpaired) electrons. The molecule has 1 amide bonds. The molecule has 0 aliphatic heterocycles. The standard InChI is InChI=1S/C22H28BrN3O/c1-15-25-18-4-2-3-5-19(18)26(15)7-6-24-20(27)13-21-9-16-8-17(10-21)12-22(23,11-16)14-21/h2-5,16-17H,6-14H2,1H3,(H,24,27). The lowest BCUT2D eigenvalue weighted by molar-refractivity contribution is -0.128. The lowest BCUT2D eigenvalue weighted by Crippen LogP contribution is -2.54. The zero-order valence-corrected chi connectivity index (χ0v) is 17.6. The molecule has 4 nitrogen and oxygen atoms in total. The highest BCUT2D eigenvalue weighted by Crippen LogP contribution is 2.65. The maximum absolute atomic E-state index is 12.8. The molecule has 2 atom stereocenters. The molecule has 1 aromatic heterocycles. The van der Waals surface area contributed by atoms with E-state index in [0.29, 0.717) is 17.3 Å². The van der Waals surface area contributed by atoms with Crippen LogP contribution in [0.5, 0.6) is 0 Å². The van der Waals surface area contributed by atoms with E-state index in [1.54, 1.807) is 0 Å². The van der Waals surface area contributed by atoms with Gasteiger partial charge in [0, 0.05) is 23.8 Å². The van der Waals surface area contributed by atoms with E-state index in [9.17, 15) is 4.79 Å². The van der Waals surface area contributed by atoms with Crippen LogP contribution in [0.3, 0.4) is 0 Å². The Kier molecular flexibility index (Phi) is 4.15. The summed E-state index contributed by atoms with van der Waals surface area (Å²) >= 11 is 4.05. The minimum atomic E-state index is 0.232. The van der Waals surface area contributed by atoms with Gasteiger partial charge in [0.15, 0.2) is 0 Å². The number of aryl methyl sites for hydroxylation is 1. The Morgan fingerprint density at radius 1 is 1.26 bits per heavy atom. The maximum atomic E-state index is 12.8. The molecule has 2 aromatic rings. The minimum Gasteiger partial charge on any atom is -0.354 e. The van der Waals surface area contributed by atoms with Crippen LogP contribution in [0, 0.1) is 24.2 Å². The van der Waals surface area contributed by atoms with Gasteiger partial charge in [-0.25, -0.2) is 4.98 Å². The first-order chi connectivity index (χ1) is 12.9. The number of nitrogens with one attached hydrogen (secondary N) is 1. The van der Waals surface area contributed by atoms with Crippen molar-refractivity contribution in [1.82, 2.24) is 14.9 Å². The summed E-state index contributed by atoms with van der Waals surface area (Å²) in [6, 6.07) is 8.20. The number of carbonyl (C=O) groups is 1. The molecule has 5 heteroatoms. The van der Waals surface area contributed by atoms with Crippen LogP contribution in [0.4, 0.5) is 0 Å². The number of imidazole rings is 1. The summed E-state index contributed by atoms with van der Waals surface area (Å²) in [5.41, 5.74) is 2.42. The third kappa shape index (κ3) is 3.22. The predicted octanol–water partition coefficient (Wildman–Crippen LogP) is 4.58.